The van der Waals surface area contributed by atoms with Gasteiger partial charge in [-0.05, 0) is 0 Å². The molecule has 0 aliphatic carbocycles. The van der Waals surface area contributed by atoms with Crippen molar-refractivity contribution in [3.8, 4) is 0 Å². The van der Waals surface area contributed by atoms with E-state index in [1.54, 1.807) is 0 Å². The fraction of sp³-hybridized carbons (Fsp3) is 0. The molecule has 0 spiro atoms. The molecule has 0 fully saturated rings. The maximum absolute atomic E-state index is 9.55. The quantitative estimate of drug-likeness (QED) is 0.369. The average molecular weight is 146 g/mol. The van der Waals surface area contributed by atoms with Crippen molar-refractivity contribution in [2.75, 3.05) is 0 Å². The molecule has 0 aliphatic rings. The van der Waals surface area contributed by atoms with Gasteiger partial charge in [0.05, 0.1) is 0 Å². The topological polar surface area (TPSA) is 98.0 Å². The number of hydrogen-bond donors (Lipinski definition) is 4. The molecule has 44 valence electrons. The fourth-order valence-corrected chi connectivity index (χ4v) is 0. The monoisotopic (exact) mass is 146 g/mol. The summed E-state index contributed by atoms with van der Waals surface area (Å²) in [5, 5.41) is 0. The molecule has 0 aromatic rings. The van der Waals surface area contributed by atoms with E-state index in [0.29, 0.717) is 0 Å². The highest BCUT2D eigenvalue weighted by Crippen LogP contribution is 2.64. The van der Waals surface area contributed by atoms with Gasteiger partial charge in [-0.2, -0.15) is 0 Å². The van der Waals surface area contributed by atoms with Crippen molar-refractivity contribution in [3.63, 3.8) is 0 Å². The van der Waals surface area contributed by atoms with E-state index in [4.69, 9.17) is 19.6 Å². The van der Waals surface area contributed by atoms with Gasteiger partial charge in [0.1, 0.15) is 0 Å². The van der Waals surface area contributed by atoms with Gasteiger partial charge in [-0.15, -0.1) is 0 Å². The van der Waals surface area contributed by atoms with Gasteiger partial charge in [0, 0.05) is 0 Å². The van der Waals surface area contributed by atoms with E-state index in [1.807, 2.05) is 0 Å². The van der Waals surface area contributed by atoms with Crippen molar-refractivity contribution in [1.29, 1.82) is 0 Å². The lowest BCUT2D eigenvalue weighted by Crippen LogP contribution is -1.71. The van der Waals surface area contributed by atoms with Gasteiger partial charge in [0.15, 0.2) is 0 Å². The van der Waals surface area contributed by atoms with Crippen LogP contribution in [0.25, 0.3) is 0 Å². The van der Waals surface area contributed by atoms with Gasteiger partial charge in [0.25, 0.3) is 8.06 Å². The Kier molecular flexibility index (Phi) is 2.33. The van der Waals surface area contributed by atoms with Crippen LogP contribution in [0.1, 0.15) is 0 Å². The van der Waals surface area contributed by atoms with Gasteiger partial charge < -0.3 is 19.6 Å². The van der Waals surface area contributed by atoms with Crippen LogP contribution in [0.15, 0.2) is 0 Å². The van der Waals surface area contributed by atoms with Gasteiger partial charge in [-0.25, -0.2) is 0 Å². The molecule has 0 aromatic carbocycles. The summed E-state index contributed by atoms with van der Waals surface area (Å²) in [6.45, 7) is 0. The third kappa shape index (κ3) is 3.12. The standard InChI is InChI=1S/H4O5P2/c1-6(2)7(3,4)5/h1-2H,(H2,3,4,5). The van der Waals surface area contributed by atoms with E-state index in [9.17, 15) is 4.57 Å². The smallest absolute Gasteiger partial charge is 0.341 e. The third-order valence-electron chi connectivity index (χ3n) is 0.233. The number of rotatable bonds is 1. The van der Waals surface area contributed by atoms with Crippen molar-refractivity contribution in [2.24, 2.45) is 0 Å². The van der Waals surface area contributed by atoms with Gasteiger partial charge >= 0.3 is 7.28 Å². The van der Waals surface area contributed by atoms with Crippen LogP contribution >= 0.6 is 15.3 Å². The molecule has 0 amide bonds. The second-order valence-corrected chi connectivity index (χ2v) is 4.98. The van der Waals surface area contributed by atoms with E-state index in [1.165, 1.54) is 0 Å². The van der Waals surface area contributed by atoms with Crippen LogP contribution in [-0.2, 0) is 4.57 Å². The van der Waals surface area contributed by atoms with E-state index < -0.39 is 15.3 Å². The predicted molar refractivity (Wildman–Crippen MR) is 23.4 cm³/mol. The largest absolute Gasteiger partial charge is 0.400 e. The van der Waals surface area contributed by atoms with Gasteiger partial charge in [-0.1, -0.05) is 0 Å². The van der Waals surface area contributed by atoms with E-state index in [0.717, 1.165) is 0 Å². The van der Waals surface area contributed by atoms with Crippen molar-refractivity contribution in [1.82, 2.24) is 0 Å². The summed E-state index contributed by atoms with van der Waals surface area (Å²) in [6, 6.07) is 0. The minimum absolute atomic E-state index is 3.07. The summed E-state index contributed by atoms with van der Waals surface area (Å²) in [5.41, 5.74) is 0. The highest BCUT2D eigenvalue weighted by Gasteiger charge is 2.24. The van der Waals surface area contributed by atoms with E-state index in [2.05, 4.69) is 0 Å². The highest BCUT2D eigenvalue weighted by molar-refractivity contribution is 8.22. The van der Waals surface area contributed by atoms with Crippen molar-refractivity contribution < 1.29 is 24.1 Å². The molecule has 0 aromatic heterocycles. The Morgan fingerprint density at radius 2 is 1.43 bits per heavy atom. The SMILES string of the molecule is O=P(O)(O)P(O)O. The normalized spacial score (nSPS) is 12.7. The lowest BCUT2D eigenvalue weighted by atomic mass is 15.8. The first kappa shape index (κ1) is 7.50. The molecule has 0 saturated carbocycles. The Labute approximate surface area is 40.6 Å². The maximum Gasteiger partial charge on any atom is 0.400 e. The molecule has 0 heterocycles. The van der Waals surface area contributed by atoms with Crippen LogP contribution in [-0.4, -0.2) is 19.6 Å². The van der Waals surface area contributed by atoms with E-state index in [-0.39, 0.29) is 0 Å². The van der Waals surface area contributed by atoms with Crippen molar-refractivity contribution in [2.45, 2.75) is 0 Å². The molecule has 4 N–H and O–H groups in total. The zero-order chi connectivity index (χ0) is 6.08. The second-order valence-electron chi connectivity index (χ2n) is 0.782. The van der Waals surface area contributed by atoms with Crippen LogP contribution in [0.2, 0.25) is 0 Å². The zero-order valence-corrected chi connectivity index (χ0v) is 4.88. The lowest BCUT2D eigenvalue weighted by molar-refractivity contribution is 0.376. The van der Waals surface area contributed by atoms with E-state index >= 15 is 0 Å². The highest BCUT2D eigenvalue weighted by atomic mass is 32.1. The molecular weight excluding hydrogens is 142 g/mol. The molecular formula is H4O5P2. The van der Waals surface area contributed by atoms with Crippen molar-refractivity contribution >= 4 is 15.3 Å². The molecule has 0 saturated heterocycles. The molecule has 0 radical (unpaired) electrons. The molecule has 7 heteroatoms. The summed E-state index contributed by atoms with van der Waals surface area (Å²) in [4.78, 5) is 31.0. The van der Waals surface area contributed by atoms with Crippen LogP contribution in [0, 0.1) is 0 Å². The Balaban J connectivity index is 3.80. The first-order valence-electron chi connectivity index (χ1n) is 1.18. The lowest BCUT2D eigenvalue weighted by Gasteiger charge is -2.00. The average Bonchev–Trinajstić information content (AvgIpc) is 1.31. The number of hydrogen-bond acceptors (Lipinski definition) is 3. The minimum atomic E-state index is -4.56. The van der Waals surface area contributed by atoms with Crippen LogP contribution < -0.4 is 0 Å². The Morgan fingerprint density at radius 1 is 1.29 bits per heavy atom. The molecule has 5 nitrogen and oxygen atoms in total. The van der Waals surface area contributed by atoms with Crippen LogP contribution in [0.4, 0.5) is 0 Å². The summed E-state index contributed by atoms with van der Waals surface area (Å²) in [5.74, 6) is 0. The first-order chi connectivity index (χ1) is 2.94. The van der Waals surface area contributed by atoms with Gasteiger partial charge in [0.2, 0.25) is 0 Å². The Hall–Kier alpha value is 0.500. The molecule has 0 aliphatic heterocycles. The van der Waals surface area contributed by atoms with Crippen LogP contribution in [0.5, 0.6) is 0 Å². The van der Waals surface area contributed by atoms with Crippen LogP contribution in [0.3, 0.4) is 0 Å². The summed E-state index contributed by atoms with van der Waals surface area (Å²) in [7, 11) is -7.64. The second kappa shape index (κ2) is 2.18. The molecule has 7 heavy (non-hydrogen) atoms. The molecule has 0 atom stereocenters. The summed E-state index contributed by atoms with van der Waals surface area (Å²) < 4.78 is 9.55. The predicted octanol–water partition coefficient (Wildman–Crippen LogP) is -0.624. The summed E-state index contributed by atoms with van der Waals surface area (Å²) in [6.07, 6.45) is 0. The molecule has 0 rings (SSSR count). The maximum atomic E-state index is 9.55. The molecule has 0 unspecified atom stereocenters. The Bertz CT molecular complexity index is 88.3. The van der Waals surface area contributed by atoms with Gasteiger partial charge in [-0.3, -0.25) is 4.57 Å². The molecule has 0 bridgehead atoms. The summed E-state index contributed by atoms with van der Waals surface area (Å²) >= 11 is 0. The Morgan fingerprint density at radius 3 is 1.43 bits per heavy atom. The minimum Gasteiger partial charge on any atom is -0.341 e. The third-order valence-corrected chi connectivity index (χ3v) is 2.10. The van der Waals surface area contributed by atoms with Crippen molar-refractivity contribution in [3.05, 3.63) is 0 Å². The first-order valence-corrected chi connectivity index (χ1v) is 4.75. The zero-order valence-electron chi connectivity index (χ0n) is 3.09. The fourth-order valence-electron chi connectivity index (χ4n) is 0.